The highest BCUT2D eigenvalue weighted by molar-refractivity contribution is 5.72. The molecule has 1 atom stereocenters. The molecule has 0 spiro atoms. The summed E-state index contributed by atoms with van der Waals surface area (Å²) in [6.07, 6.45) is 3.68. The largest absolute Gasteiger partial charge is 0.508 e. The predicted octanol–water partition coefficient (Wildman–Crippen LogP) is 2.38. The summed E-state index contributed by atoms with van der Waals surface area (Å²) in [6, 6.07) is 6.88. The van der Waals surface area contributed by atoms with Gasteiger partial charge < -0.3 is 14.4 Å². The van der Waals surface area contributed by atoms with Crippen LogP contribution < -0.4 is 0 Å². The minimum absolute atomic E-state index is 0.197. The molecular formula is C16H20N2O3. The maximum atomic E-state index is 12.0. The number of imidazole rings is 1. The van der Waals surface area contributed by atoms with E-state index in [0.717, 1.165) is 11.3 Å². The van der Waals surface area contributed by atoms with Crippen LogP contribution in [0, 0.1) is 0 Å². The lowest BCUT2D eigenvalue weighted by Gasteiger charge is -2.29. The van der Waals surface area contributed by atoms with Crippen LogP contribution in [0.1, 0.15) is 31.5 Å². The molecule has 21 heavy (non-hydrogen) atoms. The van der Waals surface area contributed by atoms with Crippen LogP contribution >= 0.6 is 0 Å². The van der Waals surface area contributed by atoms with Gasteiger partial charge in [-0.05, 0) is 31.5 Å². The fourth-order valence-electron chi connectivity index (χ4n) is 2.56. The smallest absolute Gasteiger partial charge is 0.307 e. The summed E-state index contributed by atoms with van der Waals surface area (Å²) >= 11 is 0. The summed E-state index contributed by atoms with van der Waals surface area (Å²) in [5, 5.41) is 9.46. The lowest BCUT2D eigenvalue weighted by Crippen LogP contribution is -2.30. The Morgan fingerprint density at radius 3 is 2.57 bits per heavy atom. The third kappa shape index (κ3) is 3.07. The zero-order valence-electron chi connectivity index (χ0n) is 12.5. The van der Waals surface area contributed by atoms with Crippen molar-refractivity contribution in [2.45, 2.75) is 25.7 Å². The van der Waals surface area contributed by atoms with Crippen LogP contribution in [0.4, 0.5) is 0 Å². The molecule has 0 fully saturated rings. The molecule has 0 saturated heterocycles. The Morgan fingerprint density at radius 2 is 2.05 bits per heavy atom. The Morgan fingerprint density at radius 1 is 1.38 bits per heavy atom. The monoisotopic (exact) mass is 288 g/mol. The van der Waals surface area contributed by atoms with Gasteiger partial charge in [-0.2, -0.15) is 0 Å². The predicted molar refractivity (Wildman–Crippen MR) is 79.0 cm³/mol. The Labute approximate surface area is 124 Å². The summed E-state index contributed by atoms with van der Waals surface area (Å²) in [5.74, 6) is -0.0588. The van der Waals surface area contributed by atoms with Crippen molar-refractivity contribution in [3.05, 3.63) is 48.0 Å². The van der Waals surface area contributed by atoms with Gasteiger partial charge in [0.15, 0.2) is 0 Å². The fraction of sp³-hybridized carbons (Fsp3) is 0.375. The van der Waals surface area contributed by atoms with Crippen molar-refractivity contribution in [3.63, 3.8) is 0 Å². The molecule has 0 aliphatic carbocycles. The molecule has 0 aliphatic rings. The topological polar surface area (TPSA) is 64.3 Å². The summed E-state index contributed by atoms with van der Waals surface area (Å²) in [5.41, 5.74) is 1.28. The second kappa shape index (κ2) is 5.99. The molecule has 1 aromatic heterocycles. The number of phenols is 1. The van der Waals surface area contributed by atoms with E-state index in [0.29, 0.717) is 6.61 Å². The molecule has 1 aromatic carbocycles. The summed E-state index contributed by atoms with van der Waals surface area (Å²) < 4.78 is 7.00. The highest BCUT2D eigenvalue weighted by Crippen LogP contribution is 2.36. The highest BCUT2D eigenvalue weighted by Gasteiger charge is 2.34. The van der Waals surface area contributed by atoms with Crippen LogP contribution in [-0.4, -0.2) is 27.2 Å². The molecule has 1 N–H and O–H groups in total. The van der Waals surface area contributed by atoms with E-state index in [-0.39, 0.29) is 18.1 Å². The van der Waals surface area contributed by atoms with E-state index >= 15 is 0 Å². The summed E-state index contributed by atoms with van der Waals surface area (Å²) in [7, 11) is 1.89. The molecule has 112 valence electrons. The Balaban J connectivity index is 2.46. The van der Waals surface area contributed by atoms with Crippen molar-refractivity contribution in [3.8, 4) is 5.75 Å². The van der Waals surface area contributed by atoms with Gasteiger partial charge >= 0.3 is 5.97 Å². The molecule has 5 heteroatoms. The number of esters is 1. The number of benzene rings is 1. The Kier molecular flexibility index (Phi) is 4.31. The van der Waals surface area contributed by atoms with E-state index in [9.17, 15) is 9.90 Å². The fourth-order valence-corrected chi connectivity index (χ4v) is 2.56. The van der Waals surface area contributed by atoms with Crippen molar-refractivity contribution < 1.29 is 14.6 Å². The zero-order valence-corrected chi connectivity index (χ0v) is 12.5. The standard InChI is InChI=1S/C16H20N2O3/c1-4-21-15(20)9-16(2,14-10-17-11-18(14)3)12-5-7-13(19)8-6-12/h5-8,10-11,19H,4,9H2,1-3H3. The third-order valence-electron chi connectivity index (χ3n) is 3.69. The SMILES string of the molecule is CCOC(=O)CC(C)(c1ccc(O)cc1)c1cncn1C. The maximum absolute atomic E-state index is 12.0. The summed E-state index contributed by atoms with van der Waals surface area (Å²) in [6.45, 7) is 4.13. The number of carbonyl (C=O) groups excluding carboxylic acids is 1. The number of phenolic OH excluding ortho intramolecular Hbond substituents is 1. The van der Waals surface area contributed by atoms with Gasteiger partial charge in [0.05, 0.1) is 19.4 Å². The quantitative estimate of drug-likeness (QED) is 0.858. The number of hydrogen-bond donors (Lipinski definition) is 1. The normalized spacial score (nSPS) is 13.7. The van der Waals surface area contributed by atoms with E-state index in [2.05, 4.69) is 4.98 Å². The number of ether oxygens (including phenoxy) is 1. The van der Waals surface area contributed by atoms with Crippen molar-refractivity contribution >= 4 is 5.97 Å². The van der Waals surface area contributed by atoms with Gasteiger partial charge in [-0.25, -0.2) is 4.98 Å². The van der Waals surface area contributed by atoms with Crippen molar-refractivity contribution in [2.24, 2.45) is 7.05 Å². The van der Waals surface area contributed by atoms with Gasteiger partial charge in [0.25, 0.3) is 0 Å². The first-order valence-electron chi connectivity index (χ1n) is 6.89. The molecule has 1 unspecified atom stereocenters. The van der Waals surface area contributed by atoms with Crippen LogP contribution in [0.15, 0.2) is 36.8 Å². The van der Waals surface area contributed by atoms with Gasteiger partial charge in [0.1, 0.15) is 5.75 Å². The first-order chi connectivity index (χ1) is 9.97. The molecule has 0 saturated carbocycles. The molecule has 0 radical (unpaired) electrons. The average molecular weight is 288 g/mol. The van der Waals surface area contributed by atoms with Crippen molar-refractivity contribution in [1.82, 2.24) is 9.55 Å². The number of hydrogen-bond acceptors (Lipinski definition) is 4. The first kappa shape index (κ1) is 15.1. The van der Waals surface area contributed by atoms with Crippen molar-refractivity contribution in [1.29, 1.82) is 0 Å². The van der Waals surface area contributed by atoms with E-state index < -0.39 is 5.41 Å². The number of rotatable bonds is 5. The highest BCUT2D eigenvalue weighted by atomic mass is 16.5. The van der Waals surface area contributed by atoms with E-state index in [1.165, 1.54) is 0 Å². The first-order valence-corrected chi connectivity index (χ1v) is 6.89. The average Bonchev–Trinajstić information content (AvgIpc) is 2.86. The van der Waals surface area contributed by atoms with Gasteiger partial charge in [0.2, 0.25) is 0 Å². The van der Waals surface area contributed by atoms with Gasteiger partial charge in [0, 0.05) is 24.4 Å². The van der Waals surface area contributed by atoms with E-state index in [4.69, 9.17) is 4.74 Å². The van der Waals surface area contributed by atoms with Crippen molar-refractivity contribution in [2.75, 3.05) is 6.61 Å². The minimum atomic E-state index is -0.564. The number of aromatic hydroxyl groups is 1. The molecule has 5 nitrogen and oxygen atoms in total. The van der Waals surface area contributed by atoms with Crippen LogP contribution in [0.5, 0.6) is 5.75 Å². The van der Waals surface area contributed by atoms with Gasteiger partial charge in [-0.1, -0.05) is 12.1 Å². The third-order valence-corrected chi connectivity index (χ3v) is 3.69. The maximum Gasteiger partial charge on any atom is 0.307 e. The molecule has 1 heterocycles. The number of nitrogens with zero attached hydrogens (tertiary/aromatic N) is 2. The Hall–Kier alpha value is -2.30. The van der Waals surface area contributed by atoms with Crippen LogP contribution in [-0.2, 0) is 22.0 Å². The zero-order chi connectivity index (χ0) is 15.5. The summed E-state index contributed by atoms with van der Waals surface area (Å²) in [4.78, 5) is 16.1. The van der Waals surface area contributed by atoms with Crippen LogP contribution in [0.25, 0.3) is 0 Å². The lowest BCUT2D eigenvalue weighted by molar-refractivity contribution is -0.144. The lowest BCUT2D eigenvalue weighted by atomic mass is 9.76. The number of aryl methyl sites for hydroxylation is 1. The van der Waals surface area contributed by atoms with Gasteiger partial charge in [-0.15, -0.1) is 0 Å². The Bertz CT molecular complexity index is 619. The van der Waals surface area contributed by atoms with E-state index in [1.807, 2.05) is 30.7 Å². The second-order valence-corrected chi connectivity index (χ2v) is 5.25. The number of aromatic nitrogens is 2. The molecule has 0 aliphatic heterocycles. The molecule has 2 rings (SSSR count). The molecule has 0 amide bonds. The molecule has 2 aromatic rings. The molecular weight excluding hydrogens is 268 g/mol. The van der Waals surface area contributed by atoms with E-state index in [1.54, 1.807) is 31.6 Å². The van der Waals surface area contributed by atoms with Crippen LogP contribution in [0.3, 0.4) is 0 Å². The second-order valence-electron chi connectivity index (χ2n) is 5.25. The van der Waals surface area contributed by atoms with Gasteiger partial charge in [-0.3, -0.25) is 4.79 Å². The molecule has 0 bridgehead atoms. The van der Waals surface area contributed by atoms with Crippen LogP contribution in [0.2, 0.25) is 0 Å². The minimum Gasteiger partial charge on any atom is -0.508 e. The number of carbonyl (C=O) groups is 1.